The van der Waals surface area contributed by atoms with Gasteiger partial charge in [-0.3, -0.25) is 4.79 Å². The highest BCUT2D eigenvalue weighted by molar-refractivity contribution is 7.99. The van der Waals surface area contributed by atoms with Crippen LogP contribution >= 0.6 is 34.4 Å². The van der Waals surface area contributed by atoms with Gasteiger partial charge in [0.25, 0.3) is 0 Å². The van der Waals surface area contributed by atoms with Gasteiger partial charge in [0.2, 0.25) is 5.91 Å². The first-order valence-corrected chi connectivity index (χ1v) is 11.4. The molecule has 0 unspecified atom stereocenters. The van der Waals surface area contributed by atoms with E-state index in [2.05, 4.69) is 20.5 Å². The fraction of sp³-hybridized carbons (Fsp3) is 0.100. The second-order valence-corrected chi connectivity index (χ2v) is 9.07. The second kappa shape index (κ2) is 8.99. The summed E-state index contributed by atoms with van der Waals surface area (Å²) in [6, 6.07) is 10.6. The van der Waals surface area contributed by atoms with Crippen LogP contribution in [0.15, 0.2) is 52.9 Å². The normalized spacial score (nSPS) is 10.9. The second-order valence-electron chi connectivity index (χ2n) is 6.13. The Balaban J connectivity index is 1.39. The number of rotatable bonds is 6. The topological polar surface area (TPSA) is 67.8 Å². The van der Waals surface area contributed by atoms with Crippen molar-refractivity contribution >= 4 is 46.0 Å². The van der Waals surface area contributed by atoms with E-state index in [0.717, 1.165) is 38.3 Å². The maximum Gasteiger partial charge on any atom is 0.234 e. The van der Waals surface area contributed by atoms with Crippen molar-refractivity contribution in [1.82, 2.24) is 15.2 Å². The molecule has 0 radical (unpaired) electrons. The lowest BCUT2D eigenvalue weighted by Gasteiger charge is -2.06. The zero-order chi connectivity index (χ0) is 21.1. The van der Waals surface area contributed by atoms with E-state index in [-0.39, 0.29) is 11.4 Å². The summed E-state index contributed by atoms with van der Waals surface area (Å²) in [6.45, 7) is 1.94. The molecule has 1 N–H and O–H groups in total. The van der Waals surface area contributed by atoms with Gasteiger partial charge in [-0.1, -0.05) is 17.8 Å². The third kappa shape index (κ3) is 4.72. The third-order valence-electron chi connectivity index (χ3n) is 3.96. The Morgan fingerprint density at radius 2 is 2.03 bits per heavy atom. The summed E-state index contributed by atoms with van der Waals surface area (Å²) in [5.41, 5.74) is 1.54. The van der Waals surface area contributed by atoms with Crippen molar-refractivity contribution in [1.29, 1.82) is 0 Å². The van der Waals surface area contributed by atoms with Gasteiger partial charge in [-0.25, -0.2) is 13.8 Å². The predicted molar refractivity (Wildman–Crippen MR) is 117 cm³/mol. The first-order valence-electron chi connectivity index (χ1n) is 8.73. The van der Waals surface area contributed by atoms with Crippen molar-refractivity contribution in [3.63, 3.8) is 0 Å². The van der Waals surface area contributed by atoms with Gasteiger partial charge in [0.1, 0.15) is 27.4 Å². The first kappa shape index (κ1) is 20.6. The maximum absolute atomic E-state index is 13.6. The lowest BCUT2D eigenvalue weighted by atomic mass is 10.3. The summed E-state index contributed by atoms with van der Waals surface area (Å²) in [4.78, 5) is 18.7. The highest BCUT2D eigenvalue weighted by atomic mass is 32.2. The van der Waals surface area contributed by atoms with Gasteiger partial charge in [-0.15, -0.1) is 32.9 Å². The molecule has 3 aromatic heterocycles. The van der Waals surface area contributed by atoms with Crippen LogP contribution in [0.1, 0.15) is 5.69 Å². The molecule has 0 spiro atoms. The van der Waals surface area contributed by atoms with Gasteiger partial charge >= 0.3 is 0 Å². The van der Waals surface area contributed by atoms with Crippen LogP contribution in [0.25, 0.3) is 20.5 Å². The van der Waals surface area contributed by atoms with Crippen LogP contribution in [0.3, 0.4) is 0 Å². The summed E-state index contributed by atoms with van der Waals surface area (Å²) in [5.74, 6) is -1.92. The van der Waals surface area contributed by atoms with E-state index in [1.54, 1.807) is 28.7 Å². The van der Waals surface area contributed by atoms with Crippen molar-refractivity contribution in [3.05, 3.63) is 65.2 Å². The number of nitrogens with one attached hydrogen (secondary N) is 1. The van der Waals surface area contributed by atoms with Gasteiger partial charge in [0.15, 0.2) is 0 Å². The van der Waals surface area contributed by atoms with Crippen LogP contribution in [-0.4, -0.2) is 26.8 Å². The van der Waals surface area contributed by atoms with E-state index in [0.29, 0.717) is 5.03 Å². The van der Waals surface area contributed by atoms with Gasteiger partial charge in [0, 0.05) is 6.07 Å². The standard InChI is InChI=1S/C20H14F2N4OS3/c1-11-19(30-20(23-11)16-3-2-8-28-16)15-6-7-18(26-25-15)29-10-17(27)24-14-5-4-12(21)9-13(14)22/h2-9H,10H2,1H3,(H,24,27). The molecule has 0 bridgehead atoms. The minimum absolute atomic E-state index is 0.0208. The summed E-state index contributed by atoms with van der Waals surface area (Å²) in [7, 11) is 0. The quantitative estimate of drug-likeness (QED) is 0.377. The summed E-state index contributed by atoms with van der Waals surface area (Å²) >= 11 is 4.37. The number of aromatic nitrogens is 3. The average molecular weight is 461 g/mol. The van der Waals surface area contributed by atoms with Crippen LogP contribution in [0.5, 0.6) is 0 Å². The molecule has 5 nitrogen and oxygen atoms in total. The Kier molecular flexibility index (Phi) is 6.16. The van der Waals surface area contributed by atoms with E-state index in [4.69, 9.17) is 0 Å². The number of thiophene rings is 1. The van der Waals surface area contributed by atoms with Crippen molar-refractivity contribution in [2.75, 3.05) is 11.1 Å². The lowest BCUT2D eigenvalue weighted by Crippen LogP contribution is -2.15. The minimum atomic E-state index is -0.820. The molecule has 0 aliphatic heterocycles. The number of amides is 1. The number of nitrogens with zero attached hydrogens (tertiary/aromatic N) is 3. The molecule has 0 saturated carbocycles. The maximum atomic E-state index is 13.6. The molecule has 4 rings (SSSR count). The van der Waals surface area contributed by atoms with E-state index in [9.17, 15) is 13.6 Å². The number of halogens is 2. The molecule has 30 heavy (non-hydrogen) atoms. The zero-order valence-corrected chi connectivity index (χ0v) is 18.0. The molecule has 0 aliphatic rings. The first-order chi connectivity index (χ1) is 14.5. The molecule has 1 amide bonds. The van der Waals surface area contributed by atoms with Crippen molar-refractivity contribution < 1.29 is 13.6 Å². The van der Waals surface area contributed by atoms with Crippen molar-refractivity contribution in [2.45, 2.75) is 11.9 Å². The molecule has 4 aromatic rings. The third-order valence-corrected chi connectivity index (χ3v) is 7.10. The minimum Gasteiger partial charge on any atom is -0.323 e. The zero-order valence-electron chi connectivity index (χ0n) is 15.6. The fourth-order valence-electron chi connectivity index (χ4n) is 2.57. The number of hydrogen-bond acceptors (Lipinski definition) is 7. The largest absolute Gasteiger partial charge is 0.323 e. The summed E-state index contributed by atoms with van der Waals surface area (Å²) in [6.07, 6.45) is 0. The molecular formula is C20H14F2N4OS3. The lowest BCUT2D eigenvalue weighted by molar-refractivity contribution is -0.113. The Morgan fingerprint density at radius 1 is 1.17 bits per heavy atom. The molecule has 0 aliphatic carbocycles. The Labute approximate surface area is 183 Å². The van der Waals surface area contributed by atoms with Gasteiger partial charge in [-0.05, 0) is 42.6 Å². The SMILES string of the molecule is Cc1nc(-c2cccs2)sc1-c1ccc(SCC(=O)Nc2ccc(F)cc2F)nn1. The average Bonchev–Trinajstić information content (AvgIpc) is 3.39. The van der Waals surface area contributed by atoms with E-state index < -0.39 is 17.5 Å². The van der Waals surface area contributed by atoms with E-state index >= 15 is 0 Å². The number of benzene rings is 1. The highest BCUT2D eigenvalue weighted by Gasteiger charge is 2.14. The molecule has 1 aromatic carbocycles. The van der Waals surface area contributed by atoms with E-state index in [1.165, 1.54) is 17.8 Å². The highest BCUT2D eigenvalue weighted by Crippen LogP contribution is 2.36. The molecular weight excluding hydrogens is 446 g/mol. The van der Waals surface area contributed by atoms with Crippen molar-refractivity contribution in [2.24, 2.45) is 0 Å². The monoisotopic (exact) mass is 460 g/mol. The van der Waals surface area contributed by atoms with Crippen LogP contribution in [0.4, 0.5) is 14.5 Å². The van der Waals surface area contributed by atoms with Gasteiger partial charge < -0.3 is 5.32 Å². The van der Waals surface area contributed by atoms with Crippen LogP contribution < -0.4 is 5.32 Å². The predicted octanol–water partition coefficient (Wildman–Crippen LogP) is 5.65. The van der Waals surface area contributed by atoms with Crippen LogP contribution in [0, 0.1) is 18.6 Å². The Hall–Kier alpha value is -2.69. The van der Waals surface area contributed by atoms with Crippen LogP contribution in [0.2, 0.25) is 0 Å². The number of hydrogen-bond donors (Lipinski definition) is 1. The smallest absolute Gasteiger partial charge is 0.234 e. The number of thiazole rings is 1. The molecule has 152 valence electrons. The number of carbonyl (C=O) groups excluding carboxylic acids is 1. The number of thioether (sulfide) groups is 1. The fourth-order valence-corrected chi connectivity index (χ4v) is 5.02. The van der Waals surface area contributed by atoms with Crippen molar-refractivity contribution in [3.8, 4) is 20.5 Å². The molecule has 10 heteroatoms. The molecule has 0 atom stereocenters. The Bertz CT molecular complexity index is 1180. The molecule has 0 saturated heterocycles. The van der Waals surface area contributed by atoms with Gasteiger partial charge in [0.05, 0.1) is 26.9 Å². The van der Waals surface area contributed by atoms with E-state index in [1.807, 2.05) is 30.5 Å². The van der Waals surface area contributed by atoms with Crippen LogP contribution in [-0.2, 0) is 4.79 Å². The summed E-state index contributed by atoms with van der Waals surface area (Å²) < 4.78 is 26.5. The number of aryl methyl sites for hydroxylation is 1. The number of anilines is 1. The Morgan fingerprint density at radius 3 is 2.73 bits per heavy atom. The molecule has 3 heterocycles. The summed E-state index contributed by atoms with van der Waals surface area (Å²) in [5, 5.41) is 14.4. The van der Waals surface area contributed by atoms with Gasteiger partial charge in [-0.2, -0.15) is 0 Å². The number of carbonyl (C=O) groups is 1. The molecule has 0 fully saturated rings.